The molecular weight excluding hydrogens is 569 g/mol. The maximum absolute atomic E-state index is 11.1. The predicted octanol–water partition coefficient (Wildman–Crippen LogP) is 13.7. The summed E-state index contributed by atoms with van der Waals surface area (Å²) in [6.07, 6.45) is 27.3. The molecule has 4 saturated carbocycles. The fourth-order valence-electron chi connectivity index (χ4n) is 13.9. The number of fused-ring (bicyclic) bond motifs is 5. The van der Waals surface area contributed by atoms with E-state index in [0.29, 0.717) is 28.1 Å². The zero-order valence-corrected chi connectivity index (χ0v) is 33.6. The first-order valence-electron chi connectivity index (χ1n) is 21.4. The topological polar surface area (TPSA) is 20.2 Å². The van der Waals surface area contributed by atoms with Gasteiger partial charge in [-0.25, -0.2) is 0 Å². The van der Waals surface area contributed by atoms with Crippen molar-refractivity contribution in [3.63, 3.8) is 0 Å². The van der Waals surface area contributed by atoms with Crippen LogP contribution in [-0.2, 0) is 0 Å². The monoisotopic (exact) mass is 651 g/mol. The molecule has 5 rings (SSSR count). The van der Waals surface area contributed by atoms with Gasteiger partial charge in [0.2, 0.25) is 0 Å². The van der Waals surface area contributed by atoms with Gasteiger partial charge in [0.1, 0.15) is 0 Å². The molecule has 0 aromatic carbocycles. The number of rotatable bonds is 12. The Bertz CT molecular complexity index is 1030. The molecule has 0 spiro atoms. The van der Waals surface area contributed by atoms with Crippen LogP contribution in [0.5, 0.6) is 0 Å². The standard InChI is InChI=1S/C46H82O/c1-12-33(13-2)29-38(47)30-36(43(5,6)7)16-14-15-35-17-19-41-42-22-21-39-40(46(42,11)24-23-45(35,41)10)20-18-37(44(39,8)9)28-34-26-31(3)25-32(4)27-34/h21,31-38,40-42,47H,12-20,22-30H2,1-11H3. The van der Waals surface area contributed by atoms with Crippen molar-refractivity contribution < 1.29 is 5.11 Å². The molecule has 11 atom stereocenters. The molecule has 11 unspecified atom stereocenters. The van der Waals surface area contributed by atoms with Crippen LogP contribution in [-0.4, -0.2) is 11.2 Å². The first-order valence-corrected chi connectivity index (χ1v) is 21.4. The van der Waals surface area contributed by atoms with Crippen LogP contribution < -0.4 is 0 Å². The Labute approximate surface area is 294 Å². The molecule has 47 heavy (non-hydrogen) atoms. The highest BCUT2D eigenvalue weighted by Gasteiger charge is 2.61. The lowest BCUT2D eigenvalue weighted by molar-refractivity contribution is -0.0852. The van der Waals surface area contributed by atoms with Crippen molar-refractivity contribution in [2.24, 2.45) is 80.8 Å². The molecule has 0 bridgehead atoms. The zero-order valence-electron chi connectivity index (χ0n) is 33.6. The minimum atomic E-state index is -0.127. The lowest BCUT2D eigenvalue weighted by Gasteiger charge is -2.62. The van der Waals surface area contributed by atoms with E-state index < -0.39 is 0 Å². The maximum Gasteiger partial charge on any atom is 0.0545 e. The Balaban J connectivity index is 1.21. The van der Waals surface area contributed by atoms with Crippen molar-refractivity contribution in [2.75, 3.05) is 0 Å². The van der Waals surface area contributed by atoms with Gasteiger partial charge >= 0.3 is 0 Å². The van der Waals surface area contributed by atoms with Gasteiger partial charge in [0.25, 0.3) is 0 Å². The molecule has 1 nitrogen and oxygen atoms in total. The van der Waals surface area contributed by atoms with Crippen molar-refractivity contribution in [1.82, 2.24) is 0 Å². The molecule has 5 aliphatic rings. The van der Waals surface area contributed by atoms with Crippen LogP contribution in [0.25, 0.3) is 0 Å². The fraction of sp³-hybridized carbons (Fsp3) is 0.957. The van der Waals surface area contributed by atoms with Crippen LogP contribution in [0.4, 0.5) is 0 Å². The van der Waals surface area contributed by atoms with E-state index in [-0.39, 0.29) is 11.5 Å². The van der Waals surface area contributed by atoms with Crippen LogP contribution in [0, 0.1) is 80.8 Å². The zero-order chi connectivity index (χ0) is 34.4. The van der Waals surface area contributed by atoms with Crippen LogP contribution in [0.2, 0.25) is 0 Å². The third-order valence-electron chi connectivity index (χ3n) is 17.0. The summed E-state index contributed by atoms with van der Waals surface area (Å²) in [6, 6.07) is 0. The SMILES string of the molecule is CCC(CC)CC(O)CC(CCCC1CCC2C3CC=C4C(CCC(CC5CC(C)CC(C)C5)C4(C)C)C3(C)CCC12C)C(C)(C)C. The number of aliphatic hydroxyl groups excluding tert-OH is 1. The summed E-state index contributed by atoms with van der Waals surface area (Å²) in [6.45, 7) is 27.8. The molecular formula is C46H82O. The number of aliphatic hydroxyl groups is 1. The van der Waals surface area contributed by atoms with Gasteiger partial charge in [-0.2, -0.15) is 0 Å². The normalized spacial score (nSPS) is 41.5. The third-order valence-corrected chi connectivity index (χ3v) is 17.0. The summed E-state index contributed by atoms with van der Waals surface area (Å²) < 4.78 is 0. The molecule has 0 aromatic rings. The first-order chi connectivity index (χ1) is 22.0. The average molecular weight is 651 g/mol. The van der Waals surface area contributed by atoms with Crippen molar-refractivity contribution in [3.8, 4) is 0 Å². The van der Waals surface area contributed by atoms with Crippen molar-refractivity contribution >= 4 is 0 Å². The van der Waals surface area contributed by atoms with Gasteiger partial charge < -0.3 is 5.11 Å². The Morgan fingerprint density at radius 1 is 0.809 bits per heavy atom. The van der Waals surface area contributed by atoms with Gasteiger partial charge in [0, 0.05) is 0 Å². The van der Waals surface area contributed by atoms with Crippen molar-refractivity contribution in [2.45, 2.75) is 198 Å². The Kier molecular flexibility index (Phi) is 11.9. The summed E-state index contributed by atoms with van der Waals surface area (Å²) in [5.74, 6) is 8.58. The lowest BCUT2D eigenvalue weighted by atomic mass is 9.42. The summed E-state index contributed by atoms with van der Waals surface area (Å²) in [5.41, 5.74) is 3.62. The highest BCUT2D eigenvalue weighted by Crippen LogP contribution is 2.70. The van der Waals surface area contributed by atoms with Gasteiger partial charge in [0.05, 0.1) is 6.10 Å². The molecule has 5 aliphatic carbocycles. The van der Waals surface area contributed by atoms with Gasteiger partial charge in [-0.05, 0) is 177 Å². The minimum Gasteiger partial charge on any atom is -0.393 e. The summed E-state index contributed by atoms with van der Waals surface area (Å²) in [5, 5.41) is 11.1. The van der Waals surface area contributed by atoms with E-state index in [4.69, 9.17) is 0 Å². The molecule has 4 fully saturated rings. The van der Waals surface area contributed by atoms with Crippen LogP contribution in [0.15, 0.2) is 11.6 Å². The number of hydrogen-bond donors (Lipinski definition) is 1. The highest BCUT2D eigenvalue weighted by molar-refractivity contribution is 5.28. The summed E-state index contributed by atoms with van der Waals surface area (Å²) in [7, 11) is 0. The highest BCUT2D eigenvalue weighted by atomic mass is 16.3. The maximum atomic E-state index is 11.1. The summed E-state index contributed by atoms with van der Waals surface area (Å²) >= 11 is 0. The largest absolute Gasteiger partial charge is 0.393 e. The molecule has 0 saturated heterocycles. The number of hydrogen-bond acceptors (Lipinski definition) is 1. The Morgan fingerprint density at radius 2 is 1.45 bits per heavy atom. The predicted molar refractivity (Wildman–Crippen MR) is 204 cm³/mol. The van der Waals surface area contributed by atoms with E-state index in [1.54, 1.807) is 0 Å². The van der Waals surface area contributed by atoms with E-state index >= 15 is 0 Å². The fourth-order valence-corrected chi connectivity index (χ4v) is 13.9. The van der Waals surface area contributed by atoms with E-state index in [1.165, 1.54) is 103 Å². The Morgan fingerprint density at radius 3 is 2.09 bits per heavy atom. The van der Waals surface area contributed by atoms with Gasteiger partial charge in [0.15, 0.2) is 0 Å². The second kappa shape index (κ2) is 14.7. The van der Waals surface area contributed by atoms with Gasteiger partial charge in [-0.15, -0.1) is 0 Å². The Hall–Kier alpha value is -0.300. The molecule has 272 valence electrons. The van der Waals surface area contributed by atoms with E-state index in [2.05, 4.69) is 82.2 Å². The smallest absolute Gasteiger partial charge is 0.0545 e. The van der Waals surface area contributed by atoms with Crippen LogP contribution >= 0.6 is 0 Å². The lowest BCUT2D eigenvalue weighted by Crippen LogP contribution is -2.54. The molecule has 0 amide bonds. The third kappa shape index (κ3) is 7.81. The summed E-state index contributed by atoms with van der Waals surface area (Å²) in [4.78, 5) is 0. The average Bonchev–Trinajstić information content (AvgIpc) is 3.31. The minimum absolute atomic E-state index is 0.127. The molecule has 1 heteroatoms. The molecule has 0 heterocycles. The second-order valence-corrected chi connectivity index (χ2v) is 21.3. The number of allylic oxidation sites excluding steroid dienone is 2. The quantitative estimate of drug-likeness (QED) is 0.208. The van der Waals surface area contributed by atoms with E-state index in [9.17, 15) is 5.11 Å². The first kappa shape index (κ1) is 37.9. The van der Waals surface area contributed by atoms with Crippen LogP contribution in [0.1, 0.15) is 192 Å². The molecule has 1 N–H and O–H groups in total. The molecule has 0 aliphatic heterocycles. The second-order valence-electron chi connectivity index (χ2n) is 21.3. The van der Waals surface area contributed by atoms with E-state index in [0.717, 1.165) is 60.2 Å². The van der Waals surface area contributed by atoms with E-state index in [1.807, 2.05) is 5.57 Å². The molecule has 0 aromatic heterocycles. The molecule has 0 radical (unpaired) electrons. The van der Waals surface area contributed by atoms with Crippen molar-refractivity contribution in [3.05, 3.63) is 11.6 Å². The van der Waals surface area contributed by atoms with Gasteiger partial charge in [-0.3, -0.25) is 0 Å². The van der Waals surface area contributed by atoms with Crippen LogP contribution in [0.3, 0.4) is 0 Å². The van der Waals surface area contributed by atoms with Gasteiger partial charge in [-0.1, -0.05) is 107 Å². The van der Waals surface area contributed by atoms with Crippen molar-refractivity contribution in [1.29, 1.82) is 0 Å².